The number of aromatic amines is 1. The Labute approximate surface area is 177 Å². The average molecular weight is 457 g/mol. The number of amides is 1. The van der Waals surface area contributed by atoms with E-state index in [0.717, 1.165) is 26.5 Å². The molecule has 6 nitrogen and oxygen atoms in total. The third-order valence-corrected chi connectivity index (χ3v) is 5.00. The Kier molecular flexibility index (Phi) is 6.72. The summed E-state index contributed by atoms with van der Waals surface area (Å²) in [7, 11) is 2.87. The number of hydrogen-bond donors (Lipinski definition) is 2. The Morgan fingerprint density at radius 1 is 1.21 bits per heavy atom. The fourth-order valence-corrected chi connectivity index (χ4v) is 3.46. The zero-order valence-electron chi connectivity index (χ0n) is 16.1. The van der Waals surface area contributed by atoms with Gasteiger partial charge in [0, 0.05) is 39.6 Å². The topological polar surface area (TPSA) is 80.4 Å². The number of benzene rings is 2. The fraction of sp³-hybridized carbons (Fsp3) is 0.182. The molecule has 0 aliphatic heterocycles. The second-order valence-corrected chi connectivity index (χ2v) is 7.28. The van der Waals surface area contributed by atoms with Crippen molar-refractivity contribution in [2.45, 2.75) is 12.5 Å². The van der Waals surface area contributed by atoms with E-state index >= 15 is 0 Å². The lowest BCUT2D eigenvalue weighted by Gasteiger charge is -2.15. The first-order valence-electron chi connectivity index (χ1n) is 8.96. The third kappa shape index (κ3) is 5.06. The van der Waals surface area contributed by atoms with Crippen LogP contribution in [0.4, 0.5) is 0 Å². The van der Waals surface area contributed by atoms with Crippen LogP contribution in [0.25, 0.3) is 17.0 Å². The van der Waals surface area contributed by atoms with Crippen LogP contribution in [0.5, 0.6) is 5.75 Å². The number of rotatable bonds is 7. The number of H-pyrrole nitrogens is 1. The van der Waals surface area contributed by atoms with Crippen molar-refractivity contribution in [2.24, 2.45) is 0 Å². The number of halogens is 1. The van der Waals surface area contributed by atoms with Crippen molar-refractivity contribution in [3.8, 4) is 5.75 Å². The monoisotopic (exact) mass is 456 g/mol. The molecule has 0 saturated carbocycles. The van der Waals surface area contributed by atoms with E-state index in [0.29, 0.717) is 12.2 Å². The lowest BCUT2D eigenvalue weighted by atomic mass is 10.0. The highest BCUT2D eigenvalue weighted by Gasteiger charge is 2.22. The summed E-state index contributed by atoms with van der Waals surface area (Å²) in [5, 5.41) is 3.73. The molecule has 29 heavy (non-hydrogen) atoms. The van der Waals surface area contributed by atoms with Gasteiger partial charge in [0.15, 0.2) is 0 Å². The smallest absolute Gasteiger partial charge is 0.328 e. The summed E-state index contributed by atoms with van der Waals surface area (Å²) >= 11 is 3.40. The first-order valence-corrected chi connectivity index (χ1v) is 9.76. The van der Waals surface area contributed by atoms with E-state index in [1.807, 2.05) is 42.6 Å². The van der Waals surface area contributed by atoms with E-state index in [4.69, 9.17) is 9.47 Å². The number of carbonyl (C=O) groups is 2. The molecule has 0 saturated heterocycles. The number of aromatic nitrogens is 1. The quantitative estimate of drug-likeness (QED) is 0.417. The predicted molar refractivity (Wildman–Crippen MR) is 116 cm³/mol. The van der Waals surface area contributed by atoms with Gasteiger partial charge in [-0.3, -0.25) is 4.79 Å². The van der Waals surface area contributed by atoms with Crippen molar-refractivity contribution >= 4 is 44.8 Å². The van der Waals surface area contributed by atoms with Gasteiger partial charge in [0.2, 0.25) is 5.91 Å². The van der Waals surface area contributed by atoms with Gasteiger partial charge in [0.05, 0.1) is 14.2 Å². The van der Waals surface area contributed by atoms with Crippen LogP contribution in [0.15, 0.2) is 59.2 Å². The zero-order valence-corrected chi connectivity index (χ0v) is 17.7. The minimum absolute atomic E-state index is 0.316. The van der Waals surface area contributed by atoms with Crippen molar-refractivity contribution < 1.29 is 19.1 Å². The summed E-state index contributed by atoms with van der Waals surface area (Å²) in [6, 6.07) is 12.5. The van der Waals surface area contributed by atoms with Crippen LogP contribution in [-0.4, -0.2) is 37.1 Å². The van der Waals surface area contributed by atoms with Crippen molar-refractivity contribution in [2.75, 3.05) is 14.2 Å². The van der Waals surface area contributed by atoms with Gasteiger partial charge in [0.25, 0.3) is 0 Å². The second kappa shape index (κ2) is 9.43. The van der Waals surface area contributed by atoms with E-state index in [1.165, 1.54) is 13.2 Å². The van der Waals surface area contributed by atoms with Crippen LogP contribution in [0.2, 0.25) is 0 Å². The molecule has 3 rings (SSSR count). The number of ether oxygens (including phenoxy) is 2. The highest BCUT2D eigenvalue weighted by atomic mass is 79.9. The molecule has 2 N–H and O–H groups in total. The van der Waals surface area contributed by atoms with E-state index < -0.39 is 17.9 Å². The average Bonchev–Trinajstić information content (AvgIpc) is 3.14. The van der Waals surface area contributed by atoms with Gasteiger partial charge in [-0.25, -0.2) is 4.79 Å². The number of esters is 1. The minimum Gasteiger partial charge on any atom is -0.496 e. The Morgan fingerprint density at radius 3 is 2.76 bits per heavy atom. The maximum atomic E-state index is 12.5. The van der Waals surface area contributed by atoms with Crippen LogP contribution in [-0.2, 0) is 20.7 Å². The summed E-state index contributed by atoms with van der Waals surface area (Å²) in [4.78, 5) is 27.9. The third-order valence-electron chi connectivity index (χ3n) is 4.51. The second-order valence-electron chi connectivity index (χ2n) is 6.37. The molecule has 1 amide bonds. The molecule has 0 bridgehead atoms. The van der Waals surface area contributed by atoms with Crippen LogP contribution in [0.3, 0.4) is 0 Å². The van der Waals surface area contributed by atoms with Crippen LogP contribution in [0.1, 0.15) is 11.1 Å². The number of nitrogens with one attached hydrogen (secondary N) is 2. The highest BCUT2D eigenvalue weighted by Crippen LogP contribution is 2.24. The molecule has 2 aromatic carbocycles. The molecular formula is C22H21BrN2O4. The minimum atomic E-state index is -0.805. The summed E-state index contributed by atoms with van der Waals surface area (Å²) in [6.07, 6.45) is 5.17. The molecule has 1 aromatic heterocycles. The Balaban J connectivity index is 1.76. The Bertz CT molecular complexity index is 1060. The van der Waals surface area contributed by atoms with Gasteiger partial charge in [-0.15, -0.1) is 0 Å². The summed E-state index contributed by atoms with van der Waals surface area (Å²) in [5.41, 5.74) is 2.64. The molecule has 0 fully saturated rings. The molecule has 3 aromatic rings. The van der Waals surface area contributed by atoms with Crippen LogP contribution < -0.4 is 10.1 Å². The molecule has 150 valence electrons. The van der Waals surface area contributed by atoms with Gasteiger partial charge in [-0.1, -0.05) is 34.1 Å². The van der Waals surface area contributed by atoms with Crippen molar-refractivity contribution in [3.05, 3.63) is 70.3 Å². The number of fused-ring (bicyclic) bond motifs is 1. The van der Waals surface area contributed by atoms with Crippen molar-refractivity contribution in [3.63, 3.8) is 0 Å². The van der Waals surface area contributed by atoms with Crippen molar-refractivity contribution in [1.29, 1.82) is 0 Å². The number of hydrogen-bond acceptors (Lipinski definition) is 4. The summed E-state index contributed by atoms with van der Waals surface area (Å²) in [5.74, 6) is -0.264. The molecule has 1 unspecified atom stereocenters. The Morgan fingerprint density at radius 2 is 2.00 bits per heavy atom. The molecule has 1 atom stereocenters. The normalized spacial score (nSPS) is 12.1. The van der Waals surface area contributed by atoms with Crippen LogP contribution >= 0.6 is 15.9 Å². The molecule has 0 aliphatic carbocycles. The van der Waals surface area contributed by atoms with Gasteiger partial charge < -0.3 is 19.8 Å². The number of para-hydroxylation sites is 1. The number of methoxy groups -OCH3 is 2. The van der Waals surface area contributed by atoms with E-state index in [2.05, 4.69) is 26.2 Å². The van der Waals surface area contributed by atoms with Crippen molar-refractivity contribution in [1.82, 2.24) is 10.3 Å². The van der Waals surface area contributed by atoms with Gasteiger partial charge in [-0.2, -0.15) is 0 Å². The molecule has 0 radical (unpaired) electrons. The highest BCUT2D eigenvalue weighted by molar-refractivity contribution is 9.10. The van der Waals surface area contributed by atoms with Gasteiger partial charge in [-0.05, 0) is 35.9 Å². The zero-order chi connectivity index (χ0) is 20.8. The summed E-state index contributed by atoms with van der Waals surface area (Å²) in [6.45, 7) is 0. The van der Waals surface area contributed by atoms with E-state index in [-0.39, 0.29) is 0 Å². The van der Waals surface area contributed by atoms with Gasteiger partial charge in [0.1, 0.15) is 11.8 Å². The first kappa shape index (κ1) is 20.7. The predicted octanol–water partition coefficient (Wildman–Crippen LogP) is 3.85. The summed E-state index contributed by atoms with van der Waals surface area (Å²) < 4.78 is 11.0. The van der Waals surface area contributed by atoms with E-state index in [1.54, 1.807) is 19.3 Å². The maximum Gasteiger partial charge on any atom is 0.328 e. The maximum absolute atomic E-state index is 12.5. The standard InChI is InChI=1S/C22H21BrN2O4/c1-28-20-9-8-16(23)11-14(20)7-10-21(26)25-19(22(27)29-2)12-15-13-24-18-6-4-3-5-17(15)18/h3-11,13,19,24H,12H2,1-2H3,(H,25,26)/b10-7+. The number of carbonyl (C=O) groups excluding carboxylic acids is 2. The largest absolute Gasteiger partial charge is 0.496 e. The molecule has 7 heteroatoms. The van der Waals surface area contributed by atoms with E-state index in [9.17, 15) is 9.59 Å². The lowest BCUT2D eigenvalue weighted by Crippen LogP contribution is -2.42. The molecular weight excluding hydrogens is 436 g/mol. The fourth-order valence-electron chi connectivity index (χ4n) is 3.08. The lowest BCUT2D eigenvalue weighted by molar-refractivity contribution is -0.144. The molecule has 0 aliphatic rings. The van der Waals surface area contributed by atoms with Gasteiger partial charge >= 0.3 is 5.97 Å². The molecule has 1 heterocycles. The van der Waals surface area contributed by atoms with Crippen LogP contribution in [0, 0.1) is 0 Å². The first-order chi connectivity index (χ1) is 14.0. The molecule has 0 spiro atoms. The SMILES string of the molecule is COC(=O)C(Cc1c[nH]c2ccccc12)NC(=O)/C=C/c1cc(Br)ccc1OC. The Hall–Kier alpha value is -3.06.